The third kappa shape index (κ3) is 2.82. The van der Waals surface area contributed by atoms with Gasteiger partial charge in [0.15, 0.2) is 5.65 Å². The lowest BCUT2D eigenvalue weighted by molar-refractivity contribution is 0.398. The molecule has 0 amide bonds. The molecule has 0 aliphatic carbocycles. The lowest BCUT2D eigenvalue weighted by Crippen LogP contribution is -2.14. The number of pyridine rings is 1. The molecule has 0 N–H and O–H groups in total. The third-order valence-corrected chi connectivity index (χ3v) is 3.49. The summed E-state index contributed by atoms with van der Waals surface area (Å²) >= 11 is 0. The van der Waals surface area contributed by atoms with Crippen molar-refractivity contribution < 1.29 is 4.74 Å². The van der Waals surface area contributed by atoms with Crippen LogP contribution in [0, 0.1) is 5.41 Å². The number of methoxy groups -OCH3 is 1. The zero-order valence-corrected chi connectivity index (χ0v) is 13.5. The van der Waals surface area contributed by atoms with Gasteiger partial charge in [0.2, 0.25) is 0 Å². The number of aromatic nitrogens is 3. The maximum Gasteiger partial charge on any atom is 0.164 e. The first-order valence-electron chi connectivity index (χ1n) is 7.45. The second-order valence-electron chi connectivity index (χ2n) is 6.65. The molecule has 0 aliphatic rings. The molecule has 0 saturated carbocycles. The summed E-state index contributed by atoms with van der Waals surface area (Å²) in [7, 11) is 1.68. The van der Waals surface area contributed by atoms with Crippen LogP contribution in [0.3, 0.4) is 0 Å². The van der Waals surface area contributed by atoms with E-state index >= 15 is 0 Å². The van der Waals surface area contributed by atoms with Crippen LogP contribution < -0.4 is 4.74 Å². The van der Waals surface area contributed by atoms with Gasteiger partial charge in [0.05, 0.1) is 12.8 Å². The first-order valence-corrected chi connectivity index (χ1v) is 7.45. The smallest absolute Gasteiger partial charge is 0.164 e. The van der Waals surface area contributed by atoms with Gasteiger partial charge in [0.1, 0.15) is 17.1 Å². The van der Waals surface area contributed by atoms with Crippen molar-refractivity contribution in [2.45, 2.75) is 27.2 Å². The number of hydrogen-bond donors (Lipinski definition) is 0. The Morgan fingerprint density at radius 1 is 1.14 bits per heavy atom. The molecule has 3 rings (SSSR count). The molecule has 1 aromatic carbocycles. The molecule has 114 valence electrons. The van der Waals surface area contributed by atoms with E-state index in [4.69, 9.17) is 9.72 Å². The SMILES string of the molecule is COc1cccc(-n2c(CC(C)(C)C)nc3cccnc32)c1. The number of fused-ring (bicyclic) bond motifs is 1. The first-order chi connectivity index (χ1) is 10.5. The molecule has 2 aromatic heterocycles. The second-order valence-corrected chi connectivity index (χ2v) is 6.65. The Balaban J connectivity index is 2.22. The second kappa shape index (κ2) is 5.44. The summed E-state index contributed by atoms with van der Waals surface area (Å²) < 4.78 is 7.48. The van der Waals surface area contributed by atoms with E-state index in [1.54, 1.807) is 7.11 Å². The molecule has 3 aromatic rings. The molecular formula is C18H21N3O. The zero-order chi connectivity index (χ0) is 15.7. The van der Waals surface area contributed by atoms with Crippen molar-refractivity contribution >= 4 is 11.2 Å². The summed E-state index contributed by atoms with van der Waals surface area (Å²) in [5.41, 5.74) is 2.98. The van der Waals surface area contributed by atoms with Gasteiger partial charge in [-0.25, -0.2) is 9.97 Å². The largest absolute Gasteiger partial charge is 0.497 e. The van der Waals surface area contributed by atoms with E-state index in [9.17, 15) is 0 Å². The Morgan fingerprint density at radius 3 is 2.68 bits per heavy atom. The van der Waals surface area contributed by atoms with E-state index in [0.717, 1.165) is 34.8 Å². The molecule has 0 radical (unpaired) electrons. The maximum atomic E-state index is 5.35. The number of hydrogen-bond acceptors (Lipinski definition) is 3. The summed E-state index contributed by atoms with van der Waals surface area (Å²) in [5.74, 6) is 1.85. The Bertz CT molecular complexity index is 799. The van der Waals surface area contributed by atoms with Crippen LogP contribution in [-0.4, -0.2) is 21.6 Å². The van der Waals surface area contributed by atoms with Crippen LogP contribution in [0.4, 0.5) is 0 Å². The fraction of sp³-hybridized carbons (Fsp3) is 0.333. The highest BCUT2D eigenvalue weighted by Crippen LogP contribution is 2.27. The zero-order valence-electron chi connectivity index (χ0n) is 13.5. The summed E-state index contributed by atoms with van der Waals surface area (Å²) in [5, 5.41) is 0. The fourth-order valence-corrected chi connectivity index (χ4v) is 2.57. The van der Waals surface area contributed by atoms with Gasteiger partial charge in [0.25, 0.3) is 0 Å². The van der Waals surface area contributed by atoms with Crippen molar-refractivity contribution in [1.82, 2.24) is 14.5 Å². The van der Waals surface area contributed by atoms with Gasteiger partial charge in [-0.2, -0.15) is 0 Å². The predicted octanol–water partition coefficient (Wildman–Crippen LogP) is 4.02. The Kier molecular flexibility index (Phi) is 3.61. The number of ether oxygens (including phenoxy) is 1. The minimum atomic E-state index is 0.151. The summed E-state index contributed by atoms with van der Waals surface area (Å²) in [6.07, 6.45) is 2.68. The molecule has 2 heterocycles. The molecule has 0 bridgehead atoms. The van der Waals surface area contributed by atoms with Gasteiger partial charge in [0, 0.05) is 18.7 Å². The first kappa shape index (κ1) is 14.6. The van der Waals surface area contributed by atoms with Gasteiger partial charge >= 0.3 is 0 Å². The van der Waals surface area contributed by atoms with Crippen LogP contribution >= 0.6 is 0 Å². The molecule has 0 saturated heterocycles. The summed E-state index contributed by atoms with van der Waals surface area (Å²) in [4.78, 5) is 9.31. The highest BCUT2D eigenvalue weighted by Gasteiger charge is 2.19. The average Bonchev–Trinajstić information content (AvgIpc) is 2.82. The topological polar surface area (TPSA) is 39.9 Å². The minimum absolute atomic E-state index is 0.151. The molecular weight excluding hydrogens is 274 g/mol. The lowest BCUT2D eigenvalue weighted by Gasteiger charge is -2.18. The molecule has 0 spiro atoms. The lowest BCUT2D eigenvalue weighted by atomic mass is 9.92. The van der Waals surface area contributed by atoms with Crippen molar-refractivity contribution in [3.8, 4) is 11.4 Å². The third-order valence-electron chi connectivity index (χ3n) is 3.49. The fourth-order valence-electron chi connectivity index (χ4n) is 2.57. The standard InChI is InChI=1S/C18H21N3O/c1-18(2,3)12-16-20-15-9-6-10-19-17(15)21(16)13-7-5-8-14(11-13)22-4/h5-11H,12H2,1-4H3. The van der Waals surface area contributed by atoms with Crippen molar-refractivity contribution in [1.29, 1.82) is 0 Å². The quantitative estimate of drug-likeness (QED) is 0.732. The Hall–Kier alpha value is -2.36. The van der Waals surface area contributed by atoms with E-state index in [-0.39, 0.29) is 5.41 Å². The number of benzene rings is 1. The molecule has 0 fully saturated rings. The van der Waals surface area contributed by atoms with Gasteiger partial charge in [-0.3, -0.25) is 4.57 Å². The molecule has 0 unspecified atom stereocenters. The van der Waals surface area contributed by atoms with Crippen molar-refractivity contribution in [2.75, 3.05) is 7.11 Å². The predicted molar refractivity (Wildman–Crippen MR) is 88.6 cm³/mol. The average molecular weight is 295 g/mol. The molecule has 4 heteroatoms. The minimum Gasteiger partial charge on any atom is -0.497 e. The van der Waals surface area contributed by atoms with Gasteiger partial charge in [-0.1, -0.05) is 26.8 Å². The Labute approximate surface area is 130 Å². The van der Waals surface area contributed by atoms with Crippen LogP contribution in [0.5, 0.6) is 5.75 Å². The van der Waals surface area contributed by atoms with Crippen LogP contribution in [0.2, 0.25) is 0 Å². The van der Waals surface area contributed by atoms with E-state index in [1.165, 1.54) is 0 Å². The van der Waals surface area contributed by atoms with Crippen LogP contribution in [0.1, 0.15) is 26.6 Å². The normalized spacial score (nSPS) is 11.8. The van der Waals surface area contributed by atoms with Crippen LogP contribution in [0.15, 0.2) is 42.6 Å². The molecule has 4 nitrogen and oxygen atoms in total. The van der Waals surface area contributed by atoms with Gasteiger partial charge in [-0.15, -0.1) is 0 Å². The molecule has 22 heavy (non-hydrogen) atoms. The maximum absolute atomic E-state index is 5.35. The Morgan fingerprint density at radius 2 is 1.95 bits per heavy atom. The number of imidazole rings is 1. The van der Waals surface area contributed by atoms with Gasteiger partial charge in [-0.05, 0) is 29.7 Å². The monoisotopic (exact) mass is 295 g/mol. The molecule has 0 aliphatic heterocycles. The highest BCUT2D eigenvalue weighted by atomic mass is 16.5. The van der Waals surface area contributed by atoms with E-state index in [0.29, 0.717) is 0 Å². The van der Waals surface area contributed by atoms with E-state index < -0.39 is 0 Å². The highest BCUT2D eigenvalue weighted by molar-refractivity contribution is 5.74. The summed E-state index contributed by atoms with van der Waals surface area (Å²) in [6, 6.07) is 11.9. The number of rotatable bonds is 3. The van der Waals surface area contributed by atoms with Crippen LogP contribution in [0.25, 0.3) is 16.9 Å². The van der Waals surface area contributed by atoms with E-state index in [2.05, 4.69) is 36.4 Å². The number of nitrogens with zero attached hydrogens (tertiary/aromatic N) is 3. The van der Waals surface area contributed by atoms with Gasteiger partial charge < -0.3 is 4.74 Å². The summed E-state index contributed by atoms with van der Waals surface area (Å²) in [6.45, 7) is 6.65. The van der Waals surface area contributed by atoms with Crippen LogP contribution in [-0.2, 0) is 6.42 Å². The van der Waals surface area contributed by atoms with Crippen molar-refractivity contribution in [3.63, 3.8) is 0 Å². The van der Waals surface area contributed by atoms with Crippen molar-refractivity contribution in [3.05, 3.63) is 48.4 Å². The van der Waals surface area contributed by atoms with E-state index in [1.807, 2.05) is 36.5 Å². The van der Waals surface area contributed by atoms with Crippen molar-refractivity contribution in [2.24, 2.45) is 5.41 Å². The molecule has 0 atom stereocenters.